The average Bonchev–Trinajstić information content (AvgIpc) is 3.24. The third-order valence-corrected chi connectivity index (χ3v) is 10.2. The lowest BCUT2D eigenvalue weighted by Gasteiger charge is -2.33. The van der Waals surface area contributed by atoms with E-state index in [-0.39, 0.29) is 62.0 Å². The fourth-order valence-electron chi connectivity index (χ4n) is 6.71. The molecule has 1 fully saturated rings. The minimum atomic E-state index is -1.49. The fraction of sp³-hybridized carbons (Fsp3) is 0.415. The third kappa shape index (κ3) is 15.4. The average molecular weight is 888 g/mol. The number of carboxylic acids is 3. The van der Waals surface area contributed by atoms with Gasteiger partial charge in [0.2, 0.25) is 23.7 Å². The Hall–Kier alpha value is -7.08. The zero-order chi connectivity index (χ0) is 46.2. The molecule has 0 radical (unpaired) electrons. The van der Waals surface area contributed by atoms with Crippen molar-refractivity contribution in [3.63, 3.8) is 0 Å². The molecule has 1 saturated heterocycles. The summed E-state index contributed by atoms with van der Waals surface area (Å²) in [7, 11) is 0. The van der Waals surface area contributed by atoms with Gasteiger partial charge in [-0.05, 0) is 55.1 Å². The molecule has 1 aliphatic rings. The fourth-order valence-corrected chi connectivity index (χ4v) is 6.71. The largest absolute Gasteiger partial charge is 0.480 e. The van der Waals surface area contributed by atoms with Crippen LogP contribution in [0.25, 0.3) is 11.2 Å². The SMILES string of the molecule is CCN1CCN(CC(=O)O)CCN(CC(=O)Nc2ccc(NC(=O)CCC(OC(=N)c3ccc(NCc4cnc5nc(N)[nH]c(=O)c5n4)cc3)C(=O)O)cc2)CCN(CC(=O)O)CC1. The van der Waals surface area contributed by atoms with Gasteiger partial charge in [0.25, 0.3) is 5.56 Å². The molecule has 2 aromatic heterocycles. The summed E-state index contributed by atoms with van der Waals surface area (Å²) in [5.41, 5.74) is 7.41. The summed E-state index contributed by atoms with van der Waals surface area (Å²) in [6.45, 7) is 6.44. The first-order valence-corrected chi connectivity index (χ1v) is 20.5. The molecule has 10 N–H and O–H groups in total. The topological polar surface area (TPSA) is 326 Å². The molecule has 2 amide bonds. The lowest BCUT2D eigenvalue weighted by molar-refractivity contribution is -0.146. The second-order valence-electron chi connectivity index (χ2n) is 15.0. The molecule has 3 heterocycles. The van der Waals surface area contributed by atoms with Gasteiger partial charge in [-0.2, -0.15) is 4.98 Å². The molecular formula is C41H53N13O10. The maximum absolute atomic E-state index is 13.2. The van der Waals surface area contributed by atoms with Crippen LogP contribution < -0.4 is 27.2 Å². The van der Waals surface area contributed by atoms with Gasteiger partial charge in [-0.15, -0.1) is 0 Å². The quantitative estimate of drug-likeness (QED) is 0.0484. The van der Waals surface area contributed by atoms with Crippen molar-refractivity contribution >= 4 is 69.8 Å². The van der Waals surface area contributed by atoms with Crippen molar-refractivity contribution in [2.24, 2.45) is 0 Å². The van der Waals surface area contributed by atoms with Gasteiger partial charge in [-0.3, -0.25) is 49.1 Å². The molecule has 0 bridgehead atoms. The first-order chi connectivity index (χ1) is 30.6. The van der Waals surface area contributed by atoms with Crippen LogP contribution in [-0.4, -0.2) is 175 Å². The van der Waals surface area contributed by atoms with Crippen LogP contribution in [0.5, 0.6) is 0 Å². The summed E-state index contributed by atoms with van der Waals surface area (Å²) in [6.07, 6.45) is -0.502. The highest BCUT2D eigenvalue weighted by Gasteiger charge is 2.24. The summed E-state index contributed by atoms with van der Waals surface area (Å²) in [5.74, 6) is -4.56. The van der Waals surface area contributed by atoms with Gasteiger partial charge >= 0.3 is 17.9 Å². The van der Waals surface area contributed by atoms with Gasteiger partial charge < -0.3 is 46.6 Å². The maximum atomic E-state index is 13.2. The minimum absolute atomic E-state index is 0.0305. The number of aromatic nitrogens is 4. The number of amides is 2. The Labute approximate surface area is 367 Å². The number of fused-ring (bicyclic) bond motifs is 1. The zero-order valence-corrected chi connectivity index (χ0v) is 35.3. The molecule has 64 heavy (non-hydrogen) atoms. The van der Waals surface area contributed by atoms with Crippen LogP contribution in [0.1, 0.15) is 31.0 Å². The molecule has 0 saturated carbocycles. The van der Waals surface area contributed by atoms with E-state index < -0.39 is 41.4 Å². The number of carbonyl (C=O) groups is 5. The van der Waals surface area contributed by atoms with E-state index in [1.54, 1.807) is 48.5 Å². The molecular weight excluding hydrogens is 835 g/mol. The predicted octanol–water partition coefficient (Wildman–Crippen LogP) is 0.471. The summed E-state index contributed by atoms with van der Waals surface area (Å²) >= 11 is 0. The number of nitrogens with one attached hydrogen (secondary N) is 5. The van der Waals surface area contributed by atoms with Crippen LogP contribution >= 0.6 is 0 Å². The van der Waals surface area contributed by atoms with Gasteiger partial charge in [0.15, 0.2) is 17.3 Å². The predicted molar refractivity (Wildman–Crippen MR) is 235 cm³/mol. The van der Waals surface area contributed by atoms with Crippen molar-refractivity contribution < 1.29 is 44.0 Å². The summed E-state index contributed by atoms with van der Waals surface area (Å²) in [4.78, 5) is 95.7. The van der Waals surface area contributed by atoms with Crippen molar-refractivity contribution in [2.75, 3.05) is 100 Å². The number of hydrogen-bond donors (Lipinski definition) is 9. The normalized spacial score (nSPS) is 15.3. The van der Waals surface area contributed by atoms with Crippen molar-refractivity contribution in [1.29, 1.82) is 5.41 Å². The highest BCUT2D eigenvalue weighted by Crippen LogP contribution is 2.17. The molecule has 1 unspecified atom stereocenters. The molecule has 23 heteroatoms. The van der Waals surface area contributed by atoms with E-state index >= 15 is 0 Å². The summed E-state index contributed by atoms with van der Waals surface area (Å²) < 4.78 is 5.44. The third-order valence-electron chi connectivity index (χ3n) is 10.2. The molecule has 1 aliphatic heterocycles. The van der Waals surface area contributed by atoms with Gasteiger partial charge in [-0.25, -0.2) is 14.8 Å². The molecule has 0 aliphatic carbocycles. The molecule has 0 spiro atoms. The van der Waals surface area contributed by atoms with Crippen LogP contribution in [0.4, 0.5) is 23.0 Å². The van der Waals surface area contributed by atoms with Crippen molar-refractivity contribution in [3.05, 3.63) is 76.3 Å². The van der Waals surface area contributed by atoms with E-state index in [1.807, 2.05) is 21.6 Å². The Morgan fingerprint density at radius 1 is 0.766 bits per heavy atom. The number of carboxylic acid groups (broad SMARTS) is 3. The van der Waals surface area contributed by atoms with Crippen molar-refractivity contribution in [3.8, 4) is 0 Å². The van der Waals surface area contributed by atoms with Crippen LogP contribution in [0.3, 0.4) is 0 Å². The van der Waals surface area contributed by atoms with E-state index in [9.17, 15) is 44.1 Å². The second kappa shape index (κ2) is 23.4. The lowest BCUT2D eigenvalue weighted by Crippen LogP contribution is -2.48. The standard InChI is InChI=1S/C41H53N13O10/c1-2-51-13-15-53(24-34(57)58)19-17-52(18-20-54(16-14-51)25-35(59)60)23-33(56)47-29-9-7-28(8-10-29)46-32(55)12-11-31(40(62)63)64-37(42)26-3-5-27(6-4-26)44-21-30-22-45-38-36(48-30)39(61)50-41(43)49-38/h3-10,22,31,42,44H,2,11-21,23-25H2,1H3,(H,46,55)(H,47,56)(H,57,58)(H,59,60)(H,62,63)(H3,43,45,49,50,61). The van der Waals surface area contributed by atoms with Crippen molar-refractivity contribution in [2.45, 2.75) is 32.4 Å². The summed E-state index contributed by atoms with van der Waals surface area (Å²) in [6, 6.07) is 12.7. The van der Waals surface area contributed by atoms with Gasteiger partial charge in [-0.1, -0.05) is 6.92 Å². The van der Waals surface area contributed by atoms with E-state index in [4.69, 9.17) is 15.9 Å². The number of ether oxygens (including phenoxy) is 1. The van der Waals surface area contributed by atoms with Crippen LogP contribution in [0.2, 0.25) is 0 Å². The smallest absolute Gasteiger partial charge is 0.344 e. The number of H-pyrrole nitrogens is 1. The number of aliphatic carboxylic acids is 3. The monoisotopic (exact) mass is 887 g/mol. The van der Waals surface area contributed by atoms with E-state index in [0.717, 1.165) is 6.54 Å². The number of hydrogen-bond acceptors (Lipinski definition) is 17. The van der Waals surface area contributed by atoms with E-state index in [2.05, 4.69) is 40.8 Å². The van der Waals surface area contributed by atoms with Crippen molar-refractivity contribution in [1.82, 2.24) is 39.5 Å². The Balaban J connectivity index is 1.08. The Morgan fingerprint density at radius 3 is 1.81 bits per heavy atom. The molecule has 1 atom stereocenters. The molecule has 4 aromatic rings. The van der Waals surface area contributed by atoms with E-state index in [0.29, 0.717) is 80.7 Å². The number of anilines is 4. The number of nitrogens with zero attached hydrogens (tertiary/aromatic N) is 7. The van der Waals surface area contributed by atoms with Crippen LogP contribution in [0, 0.1) is 5.41 Å². The molecule has 23 nitrogen and oxygen atoms in total. The maximum Gasteiger partial charge on any atom is 0.344 e. The van der Waals surface area contributed by atoms with Crippen LogP contribution in [0.15, 0.2) is 59.5 Å². The van der Waals surface area contributed by atoms with Gasteiger partial charge in [0.1, 0.15) is 0 Å². The molecule has 5 rings (SSSR count). The minimum Gasteiger partial charge on any atom is -0.480 e. The number of likely N-dealkylation sites (N-methyl/N-ethyl adjacent to an activating group) is 1. The Morgan fingerprint density at radius 2 is 1.28 bits per heavy atom. The number of aromatic amines is 1. The number of nitrogen functional groups attached to an aromatic ring is 1. The summed E-state index contributed by atoms with van der Waals surface area (Å²) in [5, 5.41) is 45.7. The lowest BCUT2D eigenvalue weighted by atomic mass is 10.1. The highest BCUT2D eigenvalue weighted by atomic mass is 16.5. The van der Waals surface area contributed by atoms with Gasteiger partial charge in [0.05, 0.1) is 38.1 Å². The highest BCUT2D eigenvalue weighted by molar-refractivity contribution is 5.95. The number of nitrogens with two attached hydrogens (primary N) is 1. The number of rotatable bonds is 18. The van der Waals surface area contributed by atoms with Gasteiger partial charge in [0, 0.05) is 87.8 Å². The van der Waals surface area contributed by atoms with Crippen LogP contribution in [-0.2, 0) is 35.3 Å². The number of benzene rings is 2. The molecule has 2 aromatic carbocycles. The Bertz CT molecular complexity index is 2300. The van der Waals surface area contributed by atoms with E-state index in [1.165, 1.54) is 6.20 Å². The first kappa shape index (κ1) is 48.0. The Kier molecular flexibility index (Phi) is 17.5. The number of carbonyl (C=O) groups excluding carboxylic acids is 2. The second-order valence-corrected chi connectivity index (χ2v) is 15.0. The zero-order valence-electron chi connectivity index (χ0n) is 35.3. The molecule has 342 valence electrons. The first-order valence-electron chi connectivity index (χ1n) is 20.5.